The van der Waals surface area contributed by atoms with E-state index in [1.165, 1.54) is 0 Å². The Morgan fingerprint density at radius 3 is 2.89 bits per heavy atom. The summed E-state index contributed by atoms with van der Waals surface area (Å²) in [6, 6.07) is 8.31. The number of rotatable bonds is 5. The topological polar surface area (TPSA) is 34.1 Å². The third-order valence-electron chi connectivity index (χ3n) is 2.82. The number of ether oxygens (including phenoxy) is 1. The molecule has 18 heavy (non-hydrogen) atoms. The average molecular weight is 262 g/mol. The Morgan fingerprint density at radius 2 is 2.17 bits per heavy atom. The van der Waals surface area contributed by atoms with E-state index in [1.807, 2.05) is 32.2 Å². The van der Waals surface area contributed by atoms with Gasteiger partial charge in [0.2, 0.25) is 0 Å². The van der Waals surface area contributed by atoms with Crippen LogP contribution in [0.25, 0.3) is 10.6 Å². The molecule has 0 saturated carbocycles. The van der Waals surface area contributed by atoms with Crippen molar-refractivity contribution in [3.8, 4) is 16.3 Å². The molecule has 2 rings (SSSR count). The van der Waals surface area contributed by atoms with Gasteiger partial charge in [0.15, 0.2) is 0 Å². The zero-order chi connectivity index (χ0) is 13.0. The second kappa shape index (κ2) is 5.98. The number of nitrogens with zero attached hydrogens (tertiary/aromatic N) is 1. The molecule has 96 valence electrons. The average Bonchev–Trinajstić information content (AvgIpc) is 2.88. The molecule has 4 heteroatoms. The first kappa shape index (κ1) is 13.1. The smallest absolute Gasteiger partial charge is 0.129 e. The summed E-state index contributed by atoms with van der Waals surface area (Å²) >= 11 is 1.66. The lowest BCUT2D eigenvalue weighted by Gasteiger charge is -2.08. The molecule has 0 saturated heterocycles. The van der Waals surface area contributed by atoms with Crippen LogP contribution in [0.1, 0.15) is 25.6 Å². The Morgan fingerprint density at radius 1 is 1.39 bits per heavy atom. The van der Waals surface area contributed by atoms with Gasteiger partial charge in [0.1, 0.15) is 10.8 Å². The van der Waals surface area contributed by atoms with Crippen molar-refractivity contribution in [2.75, 3.05) is 13.7 Å². The maximum atomic E-state index is 5.64. The molecule has 0 fully saturated rings. The first-order valence-corrected chi connectivity index (χ1v) is 6.99. The van der Waals surface area contributed by atoms with Crippen molar-refractivity contribution in [3.05, 3.63) is 35.3 Å². The molecular weight excluding hydrogens is 244 g/mol. The van der Waals surface area contributed by atoms with E-state index >= 15 is 0 Å². The summed E-state index contributed by atoms with van der Waals surface area (Å²) in [5.74, 6) is 0.901. The molecule has 0 bridgehead atoms. The van der Waals surface area contributed by atoms with Gasteiger partial charge in [0.25, 0.3) is 0 Å². The lowest BCUT2D eigenvalue weighted by atomic mass is 10.2. The monoisotopic (exact) mass is 262 g/mol. The summed E-state index contributed by atoms with van der Waals surface area (Å²) in [6.07, 6.45) is 0. The molecule has 1 aromatic heterocycles. The highest BCUT2D eigenvalue weighted by Crippen LogP contribution is 2.33. The second-order valence-corrected chi connectivity index (χ2v) is 4.88. The van der Waals surface area contributed by atoms with Gasteiger partial charge in [-0.2, -0.15) is 0 Å². The minimum atomic E-state index is 0.272. The van der Waals surface area contributed by atoms with Crippen molar-refractivity contribution in [1.29, 1.82) is 0 Å². The lowest BCUT2D eigenvalue weighted by molar-refractivity contribution is 0.341. The van der Waals surface area contributed by atoms with E-state index in [9.17, 15) is 0 Å². The summed E-state index contributed by atoms with van der Waals surface area (Å²) in [6.45, 7) is 4.77. The molecule has 1 unspecified atom stereocenters. The van der Waals surface area contributed by atoms with Gasteiger partial charge < -0.3 is 10.1 Å². The standard InChI is InChI=1S/C14H18N2OS/c1-4-17-13-8-6-5-7-11(13)14-16-12(9-18-14)10(2)15-3/h5-10,15H,4H2,1-3H3. The van der Waals surface area contributed by atoms with E-state index in [2.05, 4.69) is 28.7 Å². The number of para-hydroxylation sites is 1. The van der Waals surface area contributed by atoms with Crippen molar-refractivity contribution in [2.45, 2.75) is 19.9 Å². The van der Waals surface area contributed by atoms with Crippen LogP contribution in [-0.4, -0.2) is 18.6 Å². The molecule has 1 N–H and O–H groups in total. The first-order chi connectivity index (χ1) is 8.76. The van der Waals surface area contributed by atoms with Gasteiger partial charge in [0.05, 0.1) is 17.9 Å². The van der Waals surface area contributed by atoms with E-state index in [-0.39, 0.29) is 6.04 Å². The van der Waals surface area contributed by atoms with Gasteiger partial charge in [-0.1, -0.05) is 12.1 Å². The highest BCUT2D eigenvalue weighted by atomic mass is 32.1. The fourth-order valence-electron chi connectivity index (χ4n) is 1.68. The number of benzene rings is 1. The second-order valence-electron chi connectivity index (χ2n) is 4.02. The van der Waals surface area contributed by atoms with E-state index in [0.717, 1.165) is 22.0 Å². The number of hydrogen-bond donors (Lipinski definition) is 1. The molecule has 0 spiro atoms. The third-order valence-corrected chi connectivity index (χ3v) is 3.71. The minimum Gasteiger partial charge on any atom is -0.493 e. The fourth-order valence-corrected chi connectivity index (χ4v) is 2.62. The van der Waals surface area contributed by atoms with E-state index in [4.69, 9.17) is 4.74 Å². The summed E-state index contributed by atoms with van der Waals surface area (Å²) in [7, 11) is 1.94. The van der Waals surface area contributed by atoms with Crippen molar-refractivity contribution in [3.63, 3.8) is 0 Å². The quantitative estimate of drug-likeness (QED) is 0.895. The molecule has 0 aliphatic carbocycles. The maximum Gasteiger partial charge on any atom is 0.129 e. The zero-order valence-electron chi connectivity index (χ0n) is 10.9. The molecule has 0 aliphatic heterocycles. The molecule has 2 aromatic rings. The number of aromatic nitrogens is 1. The van der Waals surface area contributed by atoms with Crippen LogP contribution in [0, 0.1) is 0 Å². The fraction of sp³-hybridized carbons (Fsp3) is 0.357. The SMILES string of the molecule is CCOc1ccccc1-c1nc(C(C)NC)cs1. The largest absolute Gasteiger partial charge is 0.493 e. The zero-order valence-corrected chi connectivity index (χ0v) is 11.8. The molecule has 0 radical (unpaired) electrons. The van der Waals surface area contributed by atoms with E-state index < -0.39 is 0 Å². The predicted molar refractivity (Wildman–Crippen MR) is 76.2 cm³/mol. The van der Waals surface area contributed by atoms with Gasteiger partial charge in [-0.15, -0.1) is 11.3 Å². The van der Waals surface area contributed by atoms with Gasteiger partial charge in [-0.3, -0.25) is 0 Å². The number of hydrogen-bond acceptors (Lipinski definition) is 4. The summed E-state index contributed by atoms with van der Waals surface area (Å²) in [5, 5.41) is 6.31. The summed E-state index contributed by atoms with van der Waals surface area (Å²) in [5.41, 5.74) is 2.14. The highest BCUT2D eigenvalue weighted by molar-refractivity contribution is 7.13. The number of thiazole rings is 1. The van der Waals surface area contributed by atoms with Crippen LogP contribution in [0.2, 0.25) is 0 Å². The van der Waals surface area contributed by atoms with E-state index in [1.54, 1.807) is 11.3 Å². The number of nitrogens with one attached hydrogen (secondary N) is 1. The minimum absolute atomic E-state index is 0.272. The van der Waals surface area contributed by atoms with Crippen LogP contribution in [-0.2, 0) is 0 Å². The molecule has 3 nitrogen and oxygen atoms in total. The van der Waals surface area contributed by atoms with Crippen LogP contribution in [0.5, 0.6) is 5.75 Å². The Kier molecular flexibility index (Phi) is 4.33. The molecular formula is C14H18N2OS. The van der Waals surface area contributed by atoms with Gasteiger partial charge in [0, 0.05) is 11.4 Å². The molecule has 1 atom stereocenters. The molecule has 1 heterocycles. The van der Waals surface area contributed by atoms with Crippen molar-refractivity contribution in [2.24, 2.45) is 0 Å². The Hall–Kier alpha value is -1.39. The van der Waals surface area contributed by atoms with Crippen LogP contribution in [0.4, 0.5) is 0 Å². The van der Waals surface area contributed by atoms with Crippen LogP contribution in [0.3, 0.4) is 0 Å². The maximum absolute atomic E-state index is 5.64. The summed E-state index contributed by atoms with van der Waals surface area (Å²) in [4.78, 5) is 4.67. The Bertz CT molecular complexity index is 510. The Balaban J connectivity index is 2.33. The highest BCUT2D eigenvalue weighted by Gasteiger charge is 2.12. The molecule has 1 aromatic carbocycles. The van der Waals surface area contributed by atoms with Gasteiger partial charge >= 0.3 is 0 Å². The Labute approximate surface area is 112 Å². The summed E-state index contributed by atoms with van der Waals surface area (Å²) < 4.78 is 5.64. The molecule has 0 aliphatic rings. The molecule has 0 amide bonds. The van der Waals surface area contributed by atoms with Gasteiger partial charge in [-0.25, -0.2) is 4.98 Å². The van der Waals surface area contributed by atoms with E-state index in [0.29, 0.717) is 6.61 Å². The van der Waals surface area contributed by atoms with Crippen LogP contribution in [0.15, 0.2) is 29.6 Å². The normalized spacial score (nSPS) is 12.4. The third kappa shape index (κ3) is 2.71. The van der Waals surface area contributed by atoms with Crippen molar-refractivity contribution >= 4 is 11.3 Å². The van der Waals surface area contributed by atoms with Gasteiger partial charge in [-0.05, 0) is 33.0 Å². The predicted octanol–water partition coefficient (Wildman–Crippen LogP) is 3.49. The lowest BCUT2D eigenvalue weighted by Crippen LogP contribution is -2.12. The van der Waals surface area contributed by atoms with Crippen LogP contribution >= 0.6 is 11.3 Å². The van der Waals surface area contributed by atoms with Crippen molar-refractivity contribution in [1.82, 2.24) is 10.3 Å². The van der Waals surface area contributed by atoms with Crippen LogP contribution < -0.4 is 10.1 Å². The van der Waals surface area contributed by atoms with Crippen molar-refractivity contribution < 1.29 is 4.74 Å². The first-order valence-electron chi connectivity index (χ1n) is 6.11.